The van der Waals surface area contributed by atoms with Crippen molar-refractivity contribution < 1.29 is 14.7 Å². The Morgan fingerprint density at radius 1 is 1.33 bits per heavy atom. The minimum atomic E-state index is -0.387. The first-order valence-electron chi connectivity index (χ1n) is 8.08. The molecular formula is C17H24N4O3. The Bertz CT molecular complexity index is 628. The highest BCUT2D eigenvalue weighted by atomic mass is 16.3. The van der Waals surface area contributed by atoms with E-state index >= 15 is 0 Å². The van der Waals surface area contributed by atoms with Gasteiger partial charge in [-0.15, -0.1) is 0 Å². The fourth-order valence-electron chi connectivity index (χ4n) is 2.15. The number of nitrogens with one attached hydrogen (secondary N) is 3. The monoisotopic (exact) mass is 332 g/mol. The molecule has 0 saturated heterocycles. The van der Waals surface area contributed by atoms with E-state index in [4.69, 9.17) is 5.73 Å². The second-order valence-corrected chi connectivity index (χ2v) is 5.70. The molecule has 2 aliphatic rings. The van der Waals surface area contributed by atoms with Crippen LogP contribution in [0.2, 0.25) is 0 Å². The highest BCUT2D eigenvalue weighted by molar-refractivity contribution is 5.94. The van der Waals surface area contributed by atoms with Crippen LogP contribution in [0.15, 0.2) is 47.0 Å². The number of hydrogen-bond acceptors (Lipinski definition) is 5. The Morgan fingerprint density at radius 3 is 2.71 bits per heavy atom. The maximum absolute atomic E-state index is 12.0. The number of rotatable bonds is 7. The van der Waals surface area contributed by atoms with E-state index in [1.165, 1.54) is 0 Å². The second kappa shape index (κ2) is 8.35. The van der Waals surface area contributed by atoms with E-state index in [1.807, 2.05) is 13.0 Å². The molecule has 1 fully saturated rings. The van der Waals surface area contributed by atoms with Gasteiger partial charge in [0, 0.05) is 23.9 Å². The van der Waals surface area contributed by atoms with Crippen LogP contribution in [0.3, 0.4) is 0 Å². The number of carbonyl (C=O) groups excluding carboxylic acids is 2. The summed E-state index contributed by atoms with van der Waals surface area (Å²) in [4.78, 5) is 23.8. The van der Waals surface area contributed by atoms with Gasteiger partial charge in [0.05, 0.1) is 12.3 Å². The van der Waals surface area contributed by atoms with Crippen LogP contribution in [0.25, 0.3) is 0 Å². The lowest BCUT2D eigenvalue weighted by molar-refractivity contribution is -0.118. The van der Waals surface area contributed by atoms with Gasteiger partial charge >= 0.3 is 0 Å². The molecule has 1 saturated carbocycles. The normalized spacial score (nSPS) is 17.9. The van der Waals surface area contributed by atoms with Gasteiger partial charge in [-0.25, -0.2) is 0 Å². The first kappa shape index (κ1) is 17.8. The van der Waals surface area contributed by atoms with Crippen LogP contribution in [0.4, 0.5) is 0 Å². The van der Waals surface area contributed by atoms with Crippen LogP contribution in [-0.4, -0.2) is 36.1 Å². The van der Waals surface area contributed by atoms with Crippen molar-refractivity contribution in [1.29, 1.82) is 0 Å². The van der Waals surface area contributed by atoms with Gasteiger partial charge in [0.15, 0.2) is 0 Å². The number of carbonyl (C=O) groups is 2. The summed E-state index contributed by atoms with van der Waals surface area (Å²) in [6, 6.07) is 0.190. The summed E-state index contributed by atoms with van der Waals surface area (Å²) in [6.07, 6.45) is 9.47. The molecule has 7 heteroatoms. The second-order valence-electron chi connectivity index (χ2n) is 5.70. The van der Waals surface area contributed by atoms with Crippen LogP contribution in [0.1, 0.15) is 26.2 Å². The van der Waals surface area contributed by atoms with E-state index < -0.39 is 0 Å². The minimum absolute atomic E-state index is 0.0316. The van der Waals surface area contributed by atoms with Gasteiger partial charge in [0.2, 0.25) is 5.91 Å². The maximum atomic E-state index is 12.0. The molecular weight excluding hydrogens is 308 g/mol. The Hall–Kier alpha value is -2.54. The third-order valence-corrected chi connectivity index (χ3v) is 3.66. The molecule has 2 rings (SSSR count). The van der Waals surface area contributed by atoms with E-state index in [-0.39, 0.29) is 35.9 Å². The summed E-state index contributed by atoms with van der Waals surface area (Å²) in [5, 5.41) is 18.0. The SMILES string of the molecule is CCNC(=O)C1=CC=C(N/C(CO)=C(\N)C(=O)NC2CC2)C=CC1. The van der Waals surface area contributed by atoms with Gasteiger partial charge in [-0.3, -0.25) is 9.59 Å². The molecule has 24 heavy (non-hydrogen) atoms. The lowest BCUT2D eigenvalue weighted by Crippen LogP contribution is -2.34. The predicted molar refractivity (Wildman–Crippen MR) is 91.2 cm³/mol. The zero-order chi connectivity index (χ0) is 17.5. The fourth-order valence-corrected chi connectivity index (χ4v) is 2.15. The van der Waals surface area contributed by atoms with Gasteiger partial charge in [-0.05, 0) is 38.3 Å². The van der Waals surface area contributed by atoms with Crippen molar-refractivity contribution in [2.75, 3.05) is 13.2 Å². The third kappa shape index (κ3) is 4.99. The summed E-state index contributed by atoms with van der Waals surface area (Å²) in [6.45, 7) is 2.04. The summed E-state index contributed by atoms with van der Waals surface area (Å²) in [5.74, 6) is -0.494. The number of likely N-dealkylation sites (N-methyl/N-ethyl adjacent to an activating group) is 1. The topological polar surface area (TPSA) is 116 Å². The average Bonchev–Trinajstić information content (AvgIpc) is 3.39. The molecule has 0 atom stereocenters. The summed E-state index contributed by atoms with van der Waals surface area (Å²) >= 11 is 0. The van der Waals surface area contributed by atoms with E-state index in [0.717, 1.165) is 12.8 Å². The molecule has 0 unspecified atom stereocenters. The third-order valence-electron chi connectivity index (χ3n) is 3.66. The quantitative estimate of drug-likeness (QED) is 0.418. The van der Waals surface area contributed by atoms with Crippen molar-refractivity contribution >= 4 is 11.8 Å². The van der Waals surface area contributed by atoms with Crippen molar-refractivity contribution in [3.63, 3.8) is 0 Å². The van der Waals surface area contributed by atoms with Crippen molar-refractivity contribution in [2.24, 2.45) is 5.73 Å². The molecule has 0 aromatic rings. The molecule has 0 heterocycles. The van der Waals surface area contributed by atoms with E-state index in [0.29, 0.717) is 24.2 Å². The smallest absolute Gasteiger partial charge is 0.269 e. The van der Waals surface area contributed by atoms with Gasteiger partial charge < -0.3 is 26.8 Å². The predicted octanol–water partition coefficient (Wildman–Crippen LogP) is -0.0765. The van der Waals surface area contributed by atoms with Crippen LogP contribution in [0, 0.1) is 0 Å². The van der Waals surface area contributed by atoms with Crippen LogP contribution in [0.5, 0.6) is 0 Å². The molecule has 2 aliphatic carbocycles. The molecule has 0 bridgehead atoms. The molecule has 6 N–H and O–H groups in total. The number of nitrogens with two attached hydrogens (primary N) is 1. The van der Waals surface area contributed by atoms with Crippen molar-refractivity contribution in [3.05, 3.63) is 47.0 Å². The highest BCUT2D eigenvalue weighted by Crippen LogP contribution is 2.19. The Balaban J connectivity index is 2.09. The summed E-state index contributed by atoms with van der Waals surface area (Å²) < 4.78 is 0. The number of amides is 2. The molecule has 0 aromatic heterocycles. The first-order chi connectivity index (χ1) is 11.5. The van der Waals surface area contributed by atoms with Gasteiger partial charge in [0.1, 0.15) is 5.70 Å². The molecule has 0 radical (unpaired) electrons. The van der Waals surface area contributed by atoms with Crippen molar-refractivity contribution in [1.82, 2.24) is 16.0 Å². The lowest BCUT2D eigenvalue weighted by Gasteiger charge is -2.13. The number of hydrogen-bond donors (Lipinski definition) is 5. The summed E-state index contributed by atoms with van der Waals surface area (Å²) in [7, 11) is 0. The van der Waals surface area contributed by atoms with Gasteiger partial charge in [-0.1, -0.05) is 12.2 Å². The van der Waals surface area contributed by atoms with Crippen LogP contribution < -0.4 is 21.7 Å². The molecule has 2 amide bonds. The van der Waals surface area contributed by atoms with Crippen molar-refractivity contribution in [2.45, 2.75) is 32.2 Å². The number of aliphatic hydroxyl groups excluding tert-OH is 1. The zero-order valence-electron chi connectivity index (χ0n) is 13.8. The molecule has 0 aromatic carbocycles. The summed E-state index contributed by atoms with van der Waals surface area (Å²) in [5.41, 5.74) is 7.31. The fraction of sp³-hybridized carbons (Fsp3) is 0.412. The van der Waals surface area contributed by atoms with Crippen LogP contribution in [-0.2, 0) is 9.59 Å². The Morgan fingerprint density at radius 2 is 2.08 bits per heavy atom. The molecule has 0 spiro atoms. The largest absolute Gasteiger partial charge is 0.393 e. The number of allylic oxidation sites excluding steroid dienone is 4. The van der Waals surface area contributed by atoms with Gasteiger partial charge in [-0.2, -0.15) is 0 Å². The zero-order valence-corrected chi connectivity index (χ0v) is 13.8. The molecule has 130 valence electrons. The lowest BCUT2D eigenvalue weighted by atomic mass is 10.1. The van der Waals surface area contributed by atoms with E-state index in [2.05, 4.69) is 16.0 Å². The Kier molecular flexibility index (Phi) is 6.20. The first-order valence-corrected chi connectivity index (χ1v) is 8.08. The number of aliphatic hydroxyl groups is 1. The van der Waals surface area contributed by atoms with E-state index in [9.17, 15) is 14.7 Å². The highest BCUT2D eigenvalue weighted by Gasteiger charge is 2.25. The van der Waals surface area contributed by atoms with Crippen molar-refractivity contribution in [3.8, 4) is 0 Å². The molecule has 0 aliphatic heterocycles. The van der Waals surface area contributed by atoms with E-state index in [1.54, 1.807) is 18.2 Å². The van der Waals surface area contributed by atoms with Gasteiger partial charge in [0.25, 0.3) is 5.91 Å². The molecule has 7 nitrogen and oxygen atoms in total. The average molecular weight is 332 g/mol. The van der Waals surface area contributed by atoms with Crippen LogP contribution >= 0.6 is 0 Å². The maximum Gasteiger partial charge on any atom is 0.269 e. The standard InChI is InChI=1S/C17H24N4O3/c1-2-19-16(23)11-4-3-5-12(7-6-11)20-14(10-22)15(18)17(24)21-13-8-9-13/h3,5-7,13,20,22H,2,4,8-10,18H2,1H3,(H,19,23)(H,21,24)/b15-14-. The minimum Gasteiger partial charge on any atom is -0.393 e. The Labute approximate surface area is 141 Å².